The maximum atomic E-state index is 12.4. The number of rotatable bonds is 4. The number of amides is 1. The molecule has 98 valence electrons. The zero-order valence-corrected chi connectivity index (χ0v) is 11.5. The van der Waals surface area contributed by atoms with E-state index in [1.165, 1.54) is 5.56 Å². The Morgan fingerprint density at radius 1 is 1.39 bits per heavy atom. The van der Waals surface area contributed by atoms with Gasteiger partial charge in [-0.3, -0.25) is 4.79 Å². The van der Waals surface area contributed by atoms with Crippen LogP contribution in [0.4, 0.5) is 5.69 Å². The van der Waals surface area contributed by atoms with Gasteiger partial charge in [-0.15, -0.1) is 0 Å². The Kier molecular flexibility index (Phi) is 3.68. The lowest BCUT2D eigenvalue weighted by Crippen LogP contribution is -2.37. The van der Waals surface area contributed by atoms with Crippen LogP contribution in [0.15, 0.2) is 18.2 Å². The highest BCUT2D eigenvalue weighted by atomic mass is 16.2. The molecule has 1 heterocycles. The molecule has 1 amide bonds. The maximum Gasteiger partial charge on any atom is 0.248 e. The standard InChI is InChI=1S/C14H21N3O/c1-10-5-6-12-11(9-10)13(15-2)14(18)17(12)8-7-16(3)4/h5-6,9,13,15H,7-8H2,1-4H3. The lowest BCUT2D eigenvalue weighted by Gasteiger charge is -2.20. The maximum absolute atomic E-state index is 12.4. The Labute approximate surface area is 109 Å². The smallest absolute Gasteiger partial charge is 0.248 e. The molecule has 0 fully saturated rings. The lowest BCUT2D eigenvalue weighted by molar-refractivity contribution is -0.119. The van der Waals surface area contributed by atoms with Gasteiger partial charge < -0.3 is 15.1 Å². The van der Waals surface area contributed by atoms with Crippen molar-refractivity contribution in [2.24, 2.45) is 0 Å². The van der Waals surface area contributed by atoms with Crippen LogP contribution in [0, 0.1) is 6.92 Å². The summed E-state index contributed by atoms with van der Waals surface area (Å²) in [5.41, 5.74) is 3.34. The van der Waals surface area contributed by atoms with E-state index >= 15 is 0 Å². The molecule has 1 unspecified atom stereocenters. The first-order valence-corrected chi connectivity index (χ1v) is 6.28. The molecule has 0 saturated carbocycles. The molecule has 1 aliphatic heterocycles. The molecule has 4 nitrogen and oxygen atoms in total. The van der Waals surface area contributed by atoms with Crippen molar-refractivity contribution in [2.75, 3.05) is 39.1 Å². The quantitative estimate of drug-likeness (QED) is 0.867. The molecule has 2 rings (SSSR count). The predicted octanol–water partition coefficient (Wildman–Crippen LogP) is 1.16. The summed E-state index contributed by atoms with van der Waals surface area (Å²) in [6, 6.07) is 6.02. The second-order valence-electron chi connectivity index (χ2n) is 5.08. The van der Waals surface area contributed by atoms with Crippen molar-refractivity contribution in [1.29, 1.82) is 0 Å². The molecule has 4 heteroatoms. The molecule has 0 bridgehead atoms. The van der Waals surface area contributed by atoms with Gasteiger partial charge in [0.2, 0.25) is 5.91 Å². The molecule has 1 N–H and O–H groups in total. The van der Waals surface area contributed by atoms with Crippen LogP contribution in [0.2, 0.25) is 0 Å². The van der Waals surface area contributed by atoms with Crippen molar-refractivity contribution in [1.82, 2.24) is 10.2 Å². The fraction of sp³-hybridized carbons (Fsp3) is 0.500. The first-order chi connectivity index (χ1) is 8.54. The van der Waals surface area contributed by atoms with E-state index in [1.54, 1.807) is 0 Å². The number of carbonyl (C=O) groups is 1. The van der Waals surface area contributed by atoms with Crippen LogP contribution < -0.4 is 10.2 Å². The van der Waals surface area contributed by atoms with Crippen LogP contribution in [0.25, 0.3) is 0 Å². The van der Waals surface area contributed by atoms with Gasteiger partial charge in [0.1, 0.15) is 6.04 Å². The van der Waals surface area contributed by atoms with E-state index in [0.717, 1.165) is 24.3 Å². The fourth-order valence-corrected chi connectivity index (χ4v) is 2.37. The second-order valence-corrected chi connectivity index (χ2v) is 5.08. The van der Waals surface area contributed by atoms with Crippen LogP contribution in [0.3, 0.4) is 0 Å². The average Bonchev–Trinajstić information content (AvgIpc) is 2.57. The van der Waals surface area contributed by atoms with Crippen LogP contribution in [0.1, 0.15) is 17.2 Å². The Balaban J connectivity index is 2.31. The van der Waals surface area contributed by atoms with Gasteiger partial charge >= 0.3 is 0 Å². The van der Waals surface area contributed by atoms with E-state index in [4.69, 9.17) is 0 Å². The lowest BCUT2D eigenvalue weighted by atomic mass is 10.1. The minimum absolute atomic E-state index is 0.153. The molecule has 0 radical (unpaired) electrons. The molecule has 0 aromatic heterocycles. The van der Waals surface area contributed by atoms with Crippen LogP contribution in [-0.2, 0) is 4.79 Å². The first kappa shape index (κ1) is 13.1. The summed E-state index contributed by atoms with van der Waals surface area (Å²) in [6.07, 6.45) is 0. The molecule has 18 heavy (non-hydrogen) atoms. The molecule has 1 aromatic carbocycles. The van der Waals surface area contributed by atoms with Crippen molar-refractivity contribution in [3.63, 3.8) is 0 Å². The second kappa shape index (κ2) is 5.08. The van der Waals surface area contributed by atoms with Gasteiger partial charge in [-0.05, 0) is 34.1 Å². The molecule has 1 aliphatic rings. The van der Waals surface area contributed by atoms with Gasteiger partial charge in [-0.1, -0.05) is 17.7 Å². The molecular formula is C14H21N3O. The van der Waals surface area contributed by atoms with Crippen molar-refractivity contribution in [2.45, 2.75) is 13.0 Å². The Morgan fingerprint density at radius 3 is 2.72 bits per heavy atom. The minimum atomic E-state index is -0.193. The van der Waals surface area contributed by atoms with E-state index in [0.29, 0.717) is 0 Å². The van der Waals surface area contributed by atoms with Crippen molar-refractivity contribution < 1.29 is 4.79 Å². The third-order valence-electron chi connectivity index (χ3n) is 3.36. The van der Waals surface area contributed by atoms with Gasteiger partial charge in [-0.2, -0.15) is 0 Å². The SMILES string of the molecule is CNC1C(=O)N(CCN(C)C)c2ccc(C)cc21. The molecule has 0 aliphatic carbocycles. The van der Waals surface area contributed by atoms with Crippen LogP contribution in [-0.4, -0.2) is 45.0 Å². The Bertz CT molecular complexity index is 456. The fourth-order valence-electron chi connectivity index (χ4n) is 2.37. The highest BCUT2D eigenvalue weighted by Gasteiger charge is 2.35. The summed E-state index contributed by atoms with van der Waals surface area (Å²) in [5, 5.41) is 3.11. The number of fused-ring (bicyclic) bond motifs is 1. The van der Waals surface area contributed by atoms with Gasteiger partial charge in [-0.25, -0.2) is 0 Å². The summed E-state index contributed by atoms with van der Waals surface area (Å²) in [5.74, 6) is 0.153. The average molecular weight is 247 g/mol. The normalized spacial score (nSPS) is 18.6. The summed E-state index contributed by atoms with van der Waals surface area (Å²) in [7, 11) is 5.88. The summed E-state index contributed by atoms with van der Waals surface area (Å²) >= 11 is 0. The highest BCUT2D eigenvalue weighted by molar-refractivity contribution is 6.04. The minimum Gasteiger partial charge on any atom is -0.309 e. The zero-order chi connectivity index (χ0) is 13.3. The van der Waals surface area contributed by atoms with Crippen molar-refractivity contribution in [3.05, 3.63) is 29.3 Å². The van der Waals surface area contributed by atoms with Crippen molar-refractivity contribution in [3.8, 4) is 0 Å². The molecule has 1 aromatic rings. The van der Waals surface area contributed by atoms with Crippen LogP contribution >= 0.6 is 0 Å². The Hall–Kier alpha value is -1.39. The number of carbonyl (C=O) groups excluding carboxylic acids is 1. The topological polar surface area (TPSA) is 35.6 Å². The third kappa shape index (κ3) is 2.26. The summed E-state index contributed by atoms with van der Waals surface area (Å²) in [4.78, 5) is 16.3. The first-order valence-electron chi connectivity index (χ1n) is 6.28. The number of nitrogens with one attached hydrogen (secondary N) is 1. The number of benzene rings is 1. The van der Waals surface area contributed by atoms with Gasteiger partial charge in [0.25, 0.3) is 0 Å². The van der Waals surface area contributed by atoms with Gasteiger partial charge in [0, 0.05) is 24.3 Å². The molecular weight excluding hydrogens is 226 g/mol. The number of hydrogen-bond acceptors (Lipinski definition) is 3. The molecule has 1 atom stereocenters. The van der Waals surface area contributed by atoms with E-state index in [2.05, 4.69) is 35.3 Å². The summed E-state index contributed by atoms with van der Waals surface area (Å²) in [6.45, 7) is 3.66. The number of hydrogen-bond donors (Lipinski definition) is 1. The van der Waals surface area contributed by atoms with E-state index in [9.17, 15) is 4.79 Å². The number of aryl methyl sites for hydroxylation is 1. The number of nitrogens with zero attached hydrogens (tertiary/aromatic N) is 2. The molecule has 0 saturated heterocycles. The van der Waals surface area contributed by atoms with Crippen molar-refractivity contribution >= 4 is 11.6 Å². The largest absolute Gasteiger partial charge is 0.309 e. The third-order valence-corrected chi connectivity index (χ3v) is 3.36. The highest BCUT2D eigenvalue weighted by Crippen LogP contribution is 2.35. The van der Waals surface area contributed by atoms with Crippen LogP contribution in [0.5, 0.6) is 0 Å². The monoisotopic (exact) mass is 247 g/mol. The van der Waals surface area contributed by atoms with Gasteiger partial charge in [0.05, 0.1) is 0 Å². The van der Waals surface area contributed by atoms with Gasteiger partial charge in [0.15, 0.2) is 0 Å². The summed E-state index contributed by atoms with van der Waals surface area (Å²) < 4.78 is 0. The zero-order valence-electron chi connectivity index (χ0n) is 11.5. The Morgan fingerprint density at radius 2 is 2.11 bits per heavy atom. The molecule has 0 spiro atoms. The predicted molar refractivity (Wildman–Crippen MR) is 73.9 cm³/mol. The van der Waals surface area contributed by atoms with E-state index < -0.39 is 0 Å². The number of anilines is 1. The number of likely N-dealkylation sites (N-methyl/N-ethyl adjacent to an activating group) is 2. The van der Waals surface area contributed by atoms with E-state index in [1.807, 2.05) is 26.0 Å². The van der Waals surface area contributed by atoms with E-state index in [-0.39, 0.29) is 11.9 Å².